The number of hydrogen-bond acceptors (Lipinski definition) is 3. The predicted molar refractivity (Wildman–Crippen MR) is 103 cm³/mol. The topological polar surface area (TPSA) is 50.4 Å². The molecule has 4 rings (SSSR count). The van der Waals surface area contributed by atoms with Crippen LogP contribution in [0.2, 0.25) is 0 Å². The Bertz CT molecular complexity index is 1110. The summed E-state index contributed by atoms with van der Waals surface area (Å²) in [7, 11) is 0. The van der Waals surface area contributed by atoms with Crippen LogP contribution in [0.3, 0.4) is 0 Å². The molecule has 1 heterocycles. The Balaban J connectivity index is 2.15. The summed E-state index contributed by atoms with van der Waals surface area (Å²) in [5, 5.41) is 11.3. The van der Waals surface area contributed by atoms with E-state index < -0.39 is 0 Å². The van der Waals surface area contributed by atoms with Gasteiger partial charge in [0.15, 0.2) is 5.78 Å². The highest BCUT2D eigenvalue weighted by atomic mass is 16.3. The van der Waals surface area contributed by atoms with Crippen molar-refractivity contribution in [2.24, 2.45) is 0 Å². The van der Waals surface area contributed by atoms with Gasteiger partial charge in [-0.1, -0.05) is 60.7 Å². The van der Waals surface area contributed by atoms with Gasteiger partial charge in [-0.15, -0.1) is 0 Å². The molecule has 0 fully saturated rings. The highest BCUT2D eigenvalue weighted by molar-refractivity contribution is 6.08. The molecule has 1 N–H and O–H groups in total. The number of furan rings is 1. The third kappa shape index (κ3) is 2.49. The fraction of sp³-hybridized carbons (Fsp3) is 0.0870. The molecule has 0 amide bonds. The number of aryl methyl sites for hydroxylation is 1. The second kappa shape index (κ2) is 6.19. The monoisotopic (exact) mass is 342 g/mol. The van der Waals surface area contributed by atoms with Crippen LogP contribution in [0.4, 0.5) is 0 Å². The van der Waals surface area contributed by atoms with Crippen molar-refractivity contribution in [1.29, 1.82) is 0 Å². The first-order valence-corrected chi connectivity index (χ1v) is 8.48. The first-order chi connectivity index (χ1) is 12.6. The third-order valence-electron chi connectivity index (χ3n) is 4.66. The van der Waals surface area contributed by atoms with E-state index in [1.807, 2.05) is 60.7 Å². The van der Waals surface area contributed by atoms with Crippen LogP contribution >= 0.6 is 0 Å². The summed E-state index contributed by atoms with van der Waals surface area (Å²) in [5.41, 5.74) is 4.37. The molecule has 0 aliphatic rings. The summed E-state index contributed by atoms with van der Waals surface area (Å²) in [6.07, 6.45) is 0. The highest BCUT2D eigenvalue weighted by Crippen LogP contribution is 2.44. The zero-order chi connectivity index (χ0) is 18.3. The molecule has 128 valence electrons. The van der Waals surface area contributed by atoms with Crippen LogP contribution in [-0.4, -0.2) is 10.9 Å². The lowest BCUT2D eigenvalue weighted by Gasteiger charge is -2.06. The maximum absolute atomic E-state index is 12.0. The number of carbonyl (C=O) groups excluding carboxylic acids is 1. The summed E-state index contributed by atoms with van der Waals surface area (Å²) >= 11 is 0. The molecule has 3 aromatic carbocycles. The van der Waals surface area contributed by atoms with E-state index in [1.54, 1.807) is 13.0 Å². The second-order valence-electron chi connectivity index (χ2n) is 6.37. The Morgan fingerprint density at radius 1 is 0.923 bits per heavy atom. The van der Waals surface area contributed by atoms with E-state index in [4.69, 9.17) is 4.42 Å². The maximum atomic E-state index is 12.0. The molecule has 1 aromatic heterocycles. The van der Waals surface area contributed by atoms with Crippen molar-refractivity contribution in [3.05, 3.63) is 77.9 Å². The Morgan fingerprint density at radius 2 is 1.50 bits per heavy atom. The Morgan fingerprint density at radius 3 is 2.08 bits per heavy atom. The minimum atomic E-state index is -0.172. The lowest BCUT2D eigenvalue weighted by Crippen LogP contribution is -1.94. The first-order valence-electron chi connectivity index (χ1n) is 8.48. The van der Waals surface area contributed by atoms with Gasteiger partial charge in [0.25, 0.3) is 0 Å². The van der Waals surface area contributed by atoms with E-state index in [1.165, 1.54) is 6.92 Å². The average Bonchev–Trinajstić information content (AvgIpc) is 3.05. The number of carbonyl (C=O) groups is 1. The smallest absolute Gasteiger partial charge is 0.163 e. The first kappa shape index (κ1) is 16.2. The van der Waals surface area contributed by atoms with Crippen LogP contribution < -0.4 is 0 Å². The molecule has 0 unspecified atom stereocenters. The fourth-order valence-electron chi connectivity index (χ4n) is 3.33. The molecule has 3 heteroatoms. The molecule has 3 nitrogen and oxygen atoms in total. The van der Waals surface area contributed by atoms with Gasteiger partial charge in [0.2, 0.25) is 0 Å². The van der Waals surface area contributed by atoms with Crippen molar-refractivity contribution in [3.63, 3.8) is 0 Å². The zero-order valence-electron chi connectivity index (χ0n) is 14.6. The van der Waals surface area contributed by atoms with Crippen molar-refractivity contribution >= 4 is 16.8 Å². The number of rotatable bonds is 3. The SMILES string of the molecule is CC(=O)c1cc2c(-c3ccccc3)c(-c3ccccc3)oc2c(C)c1O. The molecular formula is C23H18O3. The zero-order valence-corrected chi connectivity index (χ0v) is 14.6. The average molecular weight is 342 g/mol. The van der Waals surface area contributed by atoms with E-state index in [-0.39, 0.29) is 11.5 Å². The van der Waals surface area contributed by atoms with Crippen LogP contribution in [0.1, 0.15) is 22.8 Å². The molecule has 0 bridgehead atoms. The normalized spacial score (nSPS) is 11.0. The van der Waals surface area contributed by atoms with Gasteiger partial charge < -0.3 is 9.52 Å². The number of hydrogen-bond donors (Lipinski definition) is 1. The summed E-state index contributed by atoms with van der Waals surface area (Å²) < 4.78 is 6.21. The van der Waals surface area contributed by atoms with Gasteiger partial charge in [0, 0.05) is 22.1 Å². The molecule has 0 atom stereocenters. The van der Waals surface area contributed by atoms with Crippen LogP contribution in [0.15, 0.2) is 71.1 Å². The lowest BCUT2D eigenvalue weighted by atomic mass is 9.95. The number of Topliss-reactive ketones (excluding diaryl/α,β-unsaturated/α-hetero) is 1. The molecule has 0 aliphatic heterocycles. The summed E-state index contributed by atoms with van der Waals surface area (Å²) in [5.74, 6) is 0.543. The van der Waals surface area contributed by atoms with Crippen LogP contribution in [0, 0.1) is 6.92 Å². The van der Waals surface area contributed by atoms with Gasteiger partial charge >= 0.3 is 0 Å². The number of aromatic hydroxyl groups is 1. The minimum absolute atomic E-state index is 0.0158. The van der Waals surface area contributed by atoms with Crippen molar-refractivity contribution in [3.8, 4) is 28.2 Å². The van der Waals surface area contributed by atoms with Gasteiger partial charge in [0.1, 0.15) is 17.1 Å². The van der Waals surface area contributed by atoms with E-state index in [0.29, 0.717) is 16.7 Å². The van der Waals surface area contributed by atoms with E-state index >= 15 is 0 Å². The van der Waals surface area contributed by atoms with Crippen LogP contribution in [0.25, 0.3) is 33.4 Å². The lowest BCUT2D eigenvalue weighted by molar-refractivity contribution is 0.101. The van der Waals surface area contributed by atoms with Gasteiger partial charge in [-0.25, -0.2) is 0 Å². The van der Waals surface area contributed by atoms with E-state index in [9.17, 15) is 9.90 Å². The van der Waals surface area contributed by atoms with Crippen molar-refractivity contribution in [1.82, 2.24) is 0 Å². The molecule has 26 heavy (non-hydrogen) atoms. The van der Waals surface area contributed by atoms with E-state index in [0.717, 1.165) is 27.8 Å². The Hall–Kier alpha value is -3.33. The third-order valence-corrected chi connectivity index (χ3v) is 4.66. The second-order valence-corrected chi connectivity index (χ2v) is 6.37. The standard InChI is InChI=1S/C23H18O3/c1-14-21(25)18(15(2)24)13-19-20(16-9-5-3-6-10-16)23(26-22(14)19)17-11-7-4-8-12-17/h3-13,25H,1-2H3. The number of phenolic OH excluding ortho intramolecular Hbond substituents is 1. The van der Waals surface area contributed by atoms with Crippen molar-refractivity contribution in [2.75, 3.05) is 0 Å². The number of benzene rings is 3. The molecular weight excluding hydrogens is 324 g/mol. The summed E-state index contributed by atoms with van der Waals surface area (Å²) in [6.45, 7) is 3.23. The van der Waals surface area contributed by atoms with Crippen molar-refractivity contribution in [2.45, 2.75) is 13.8 Å². The largest absolute Gasteiger partial charge is 0.507 e. The fourth-order valence-corrected chi connectivity index (χ4v) is 3.33. The molecule has 0 saturated carbocycles. The highest BCUT2D eigenvalue weighted by Gasteiger charge is 2.23. The van der Waals surface area contributed by atoms with Crippen LogP contribution in [-0.2, 0) is 0 Å². The number of phenols is 1. The molecule has 0 saturated heterocycles. The minimum Gasteiger partial charge on any atom is -0.507 e. The van der Waals surface area contributed by atoms with Gasteiger partial charge in [-0.3, -0.25) is 4.79 Å². The molecule has 4 aromatic rings. The van der Waals surface area contributed by atoms with Gasteiger partial charge in [0.05, 0.1) is 5.56 Å². The molecule has 0 spiro atoms. The molecule has 0 aliphatic carbocycles. The van der Waals surface area contributed by atoms with Crippen LogP contribution in [0.5, 0.6) is 5.75 Å². The van der Waals surface area contributed by atoms with E-state index in [2.05, 4.69) is 0 Å². The summed E-state index contributed by atoms with van der Waals surface area (Å²) in [6, 6.07) is 21.5. The van der Waals surface area contributed by atoms with Gasteiger partial charge in [-0.05, 0) is 25.5 Å². The number of fused-ring (bicyclic) bond motifs is 1. The molecule has 0 radical (unpaired) electrons. The Kier molecular flexibility index (Phi) is 3.85. The van der Waals surface area contributed by atoms with Crippen molar-refractivity contribution < 1.29 is 14.3 Å². The quantitative estimate of drug-likeness (QED) is 0.466. The Labute approximate surface area is 151 Å². The predicted octanol–water partition coefficient (Wildman–Crippen LogP) is 5.98. The number of ketones is 1. The summed E-state index contributed by atoms with van der Waals surface area (Å²) in [4.78, 5) is 12.0. The maximum Gasteiger partial charge on any atom is 0.163 e. The van der Waals surface area contributed by atoms with Gasteiger partial charge in [-0.2, -0.15) is 0 Å².